The van der Waals surface area contributed by atoms with Crippen LogP contribution >= 0.6 is 23.2 Å². The summed E-state index contributed by atoms with van der Waals surface area (Å²) in [6.07, 6.45) is 2.66. The number of halogens is 3. The lowest BCUT2D eigenvalue weighted by molar-refractivity contribution is 0.250. The van der Waals surface area contributed by atoms with Gasteiger partial charge in [0, 0.05) is 45.0 Å². The van der Waals surface area contributed by atoms with Crippen molar-refractivity contribution in [2.45, 2.75) is 19.9 Å². The number of imidazole rings is 1. The molecule has 1 aliphatic heterocycles. The van der Waals surface area contributed by atoms with Crippen molar-refractivity contribution in [3.8, 4) is 0 Å². The Bertz CT molecular complexity index is 982. The SMILES string of the molecule is Cc1nc2cc(F)ccc2n1CCCN1CCN(c2ncc(Cl)cc2Cl)CC1. The van der Waals surface area contributed by atoms with E-state index in [9.17, 15) is 4.39 Å². The Morgan fingerprint density at radius 3 is 2.61 bits per heavy atom. The van der Waals surface area contributed by atoms with Gasteiger partial charge in [0.2, 0.25) is 0 Å². The summed E-state index contributed by atoms with van der Waals surface area (Å²) in [5.41, 5.74) is 1.71. The van der Waals surface area contributed by atoms with E-state index < -0.39 is 0 Å². The first-order chi connectivity index (χ1) is 13.5. The molecule has 28 heavy (non-hydrogen) atoms. The zero-order chi connectivity index (χ0) is 19.7. The van der Waals surface area contributed by atoms with Crippen molar-refractivity contribution >= 4 is 40.1 Å². The number of fused-ring (bicyclic) bond motifs is 1. The molecule has 0 amide bonds. The maximum atomic E-state index is 13.4. The first-order valence-corrected chi connectivity index (χ1v) is 10.2. The van der Waals surface area contributed by atoms with Crippen molar-refractivity contribution in [2.75, 3.05) is 37.6 Å². The number of piperazine rings is 1. The summed E-state index contributed by atoms with van der Waals surface area (Å²) in [5.74, 6) is 1.48. The molecule has 0 radical (unpaired) electrons. The fourth-order valence-corrected chi connectivity index (χ4v) is 4.28. The van der Waals surface area contributed by atoms with Crippen LogP contribution in [0, 0.1) is 12.7 Å². The molecule has 0 aliphatic carbocycles. The van der Waals surface area contributed by atoms with Gasteiger partial charge < -0.3 is 9.47 Å². The molecule has 0 unspecified atom stereocenters. The highest BCUT2D eigenvalue weighted by Crippen LogP contribution is 2.26. The van der Waals surface area contributed by atoms with Gasteiger partial charge in [-0.15, -0.1) is 0 Å². The Balaban J connectivity index is 1.31. The van der Waals surface area contributed by atoms with Crippen LogP contribution in [0.15, 0.2) is 30.5 Å². The van der Waals surface area contributed by atoms with Crippen molar-refractivity contribution in [3.05, 3.63) is 52.1 Å². The number of nitrogens with zero attached hydrogens (tertiary/aromatic N) is 5. The van der Waals surface area contributed by atoms with E-state index in [1.54, 1.807) is 12.3 Å². The van der Waals surface area contributed by atoms with Crippen LogP contribution in [0.25, 0.3) is 11.0 Å². The second-order valence-electron chi connectivity index (χ2n) is 7.08. The third-order valence-corrected chi connectivity index (χ3v) is 5.70. The number of hydrogen-bond donors (Lipinski definition) is 0. The highest BCUT2D eigenvalue weighted by atomic mass is 35.5. The van der Waals surface area contributed by atoms with Crippen molar-refractivity contribution < 1.29 is 4.39 Å². The molecule has 0 N–H and O–H groups in total. The quantitative estimate of drug-likeness (QED) is 0.611. The molecule has 8 heteroatoms. The van der Waals surface area contributed by atoms with Crippen molar-refractivity contribution in [2.24, 2.45) is 0 Å². The fourth-order valence-electron chi connectivity index (χ4n) is 3.78. The minimum absolute atomic E-state index is 0.245. The number of rotatable bonds is 5. The first-order valence-electron chi connectivity index (χ1n) is 9.42. The van der Waals surface area contributed by atoms with E-state index in [1.807, 2.05) is 13.0 Å². The van der Waals surface area contributed by atoms with Crippen LogP contribution in [-0.2, 0) is 6.54 Å². The van der Waals surface area contributed by atoms with Gasteiger partial charge >= 0.3 is 0 Å². The summed E-state index contributed by atoms with van der Waals surface area (Å²) >= 11 is 12.2. The van der Waals surface area contributed by atoms with Crippen LogP contribution < -0.4 is 4.90 Å². The van der Waals surface area contributed by atoms with E-state index in [2.05, 4.69) is 24.3 Å². The number of anilines is 1. The number of hydrogen-bond acceptors (Lipinski definition) is 4. The molecule has 0 saturated carbocycles. The maximum Gasteiger partial charge on any atom is 0.147 e. The molecule has 148 valence electrons. The number of benzene rings is 1. The molecule has 0 bridgehead atoms. The summed E-state index contributed by atoms with van der Waals surface area (Å²) < 4.78 is 15.6. The summed E-state index contributed by atoms with van der Waals surface area (Å²) in [4.78, 5) is 13.5. The molecular formula is C20H22Cl2FN5. The van der Waals surface area contributed by atoms with Crippen molar-refractivity contribution in [1.82, 2.24) is 19.4 Å². The Hall–Kier alpha value is -1.89. The van der Waals surface area contributed by atoms with Gasteiger partial charge in [0.15, 0.2) is 0 Å². The van der Waals surface area contributed by atoms with Gasteiger partial charge in [-0.25, -0.2) is 14.4 Å². The second kappa shape index (κ2) is 8.23. The van der Waals surface area contributed by atoms with Gasteiger partial charge in [-0.05, 0) is 38.1 Å². The van der Waals surface area contributed by atoms with Crippen LogP contribution in [0.3, 0.4) is 0 Å². The lowest BCUT2D eigenvalue weighted by Gasteiger charge is -2.35. The van der Waals surface area contributed by atoms with Gasteiger partial charge in [0.05, 0.1) is 21.1 Å². The maximum absolute atomic E-state index is 13.4. The molecule has 2 aromatic heterocycles. The molecule has 1 saturated heterocycles. The molecule has 4 rings (SSSR count). The summed E-state index contributed by atoms with van der Waals surface area (Å²) in [5, 5.41) is 1.15. The van der Waals surface area contributed by atoms with E-state index in [4.69, 9.17) is 23.2 Å². The Kier molecular flexibility index (Phi) is 5.71. The Morgan fingerprint density at radius 1 is 1.07 bits per heavy atom. The molecule has 1 aromatic carbocycles. The molecule has 1 aliphatic rings. The normalized spacial score (nSPS) is 15.5. The molecule has 0 atom stereocenters. The molecule has 5 nitrogen and oxygen atoms in total. The highest BCUT2D eigenvalue weighted by Gasteiger charge is 2.20. The van der Waals surface area contributed by atoms with E-state index in [0.717, 1.165) is 68.4 Å². The topological polar surface area (TPSA) is 37.2 Å². The molecular weight excluding hydrogens is 400 g/mol. The summed E-state index contributed by atoms with van der Waals surface area (Å²) in [7, 11) is 0. The monoisotopic (exact) mass is 421 g/mol. The third-order valence-electron chi connectivity index (χ3n) is 5.22. The van der Waals surface area contributed by atoms with Crippen LogP contribution in [0.2, 0.25) is 10.0 Å². The Morgan fingerprint density at radius 2 is 1.86 bits per heavy atom. The standard InChI is InChI=1S/C20H22Cl2FN5/c1-14-25-18-12-16(23)3-4-19(18)28(14)6-2-5-26-7-9-27(10-8-26)20-17(22)11-15(21)13-24-20/h3-4,11-13H,2,5-10H2,1H3. The molecule has 1 fully saturated rings. The lowest BCUT2D eigenvalue weighted by Crippen LogP contribution is -2.47. The van der Waals surface area contributed by atoms with Crippen LogP contribution in [-0.4, -0.2) is 52.2 Å². The lowest BCUT2D eigenvalue weighted by atomic mass is 10.2. The molecule has 0 spiro atoms. The van der Waals surface area contributed by atoms with Gasteiger partial charge in [0.25, 0.3) is 0 Å². The van der Waals surface area contributed by atoms with E-state index in [1.165, 1.54) is 12.1 Å². The van der Waals surface area contributed by atoms with E-state index >= 15 is 0 Å². The van der Waals surface area contributed by atoms with E-state index in [0.29, 0.717) is 10.0 Å². The minimum atomic E-state index is -0.245. The average Bonchev–Trinajstić information content (AvgIpc) is 2.97. The van der Waals surface area contributed by atoms with Gasteiger partial charge in [-0.3, -0.25) is 4.90 Å². The predicted molar refractivity (Wildman–Crippen MR) is 112 cm³/mol. The Labute approximate surface area is 173 Å². The summed E-state index contributed by atoms with van der Waals surface area (Å²) in [6.45, 7) is 7.57. The highest BCUT2D eigenvalue weighted by molar-refractivity contribution is 6.36. The molecule has 3 aromatic rings. The zero-order valence-electron chi connectivity index (χ0n) is 15.7. The van der Waals surface area contributed by atoms with Crippen LogP contribution in [0.5, 0.6) is 0 Å². The van der Waals surface area contributed by atoms with Crippen molar-refractivity contribution in [1.29, 1.82) is 0 Å². The fraction of sp³-hybridized carbons (Fsp3) is 0.400. The average molecular weight is 422 g/mol. The first kappa shape index (κ1) is 19.4. The third kappa shape index (κ3) is 4.09. The van der Waals surface area contributed by atoms with Gasteiger partial charge in [-0.2, -0.15) is 0 Å². The number of pyridine rings is 1. The van der Waals surface area contributed by atoms with Crippen molar-refractivity contribution in [3.63, 3.8) is 0 Å². The molecule has 3 heterocycles. The predicted octanol–water partition coefficient (Wildman–Crippen LogP) is 4.40. The number of aromatic nitrogens is 3. The summed E-state index contributed by atoms with van der Waals surface area (Å²) in [6, 6.07) is 6.54. The smallest absolute Gasteiger partial charge is 0.147 e. The largest absolute Gasteiger partial charge is 0.353 e. The van der Waals surface area contributed by atoms with Gasteiger partial charge in [0.1, 0.15) is 17.5 Å². The number of aryl methyl sites for hydroxylation is 2. The second-order valence-corrected chi connectivity index (χ2v) is 7.93. The van der Waals surface area contributed by atoms with E-state index in [-0.39, 0.29) is 5.82 Å². The van der Waals surface area contributed by atoms with Crippen LogP contribution in [0.4, 0.5) is 10.2 Å². The van der Waals surface area contributed by atoms with Gasteiger partial charge in [-0.1, -0.05) is 23.2 Å². The minimum Gasteiger partial charge on any atom is -0.353 e. The zero-order valence-corrected chi connectivity index (χ0v) is 17.2. The van der Waals surface area contributed by atoms with Crippen LogP contribution in [0.1, 0.15) is 12.2 Å².